The van der Waals surface area contributed by atoms with Crippen LogP contribution in [0.4, 0.5) is 0 Å². The molecule has 11 heteroatoms. The lowest BCUT2D eigenvalue weighted by Crippen LogP contribution is -2.34. The van der Waals surface area contributed by atoms with Gasteiger partial charge in [-0.2, -0.15) is 0 Å². The monoisotopic (exact) mass is 570 g/mol. The number of carbonyl (C=O) groups is 1. The van der Waals surface area contributed by atoms with E-state index < -0.39 is 11.9 Å². The molecule has 4 aromatic heterocycles. The molecule has 210 valence electrons. The third-order valence-corrected chi connectivity index (χ3v) is 9.27. The van der Waals surface area contributed by atoms with E-state index in [2.05, 4.69) is 48.8 Å². The molecule has 41 heavy (non-hydrogen) atoms. The lowest BCUT2D eigenvalue weighted by Gasteiger charge is -2.25. The first-order valence-electron chi connectivity index (χ1n) is 13.8. The summed E-state index contributed by atoms with van der Waals surface area (Å²) < 4.78 is 9.20. The molecular weight excluding hydrogens is 540 g/mol. The van der Waals surface area contributed by atoms with E-state index >= 15 is 0 Å². The molecular formula is C30H30N6O4S. The lowest BCUT2D eigenvalue weighted by atomic mass is 9.85. The van der Waals surface area contributed by atoms with Crippen LogP contribution in [0.25, 0.3) is 21.3 Å². The number of aromatic nitrogens is 5. The predicted molar refractivity (Wildman–Crippen MR) is 154 cm³/mol. The average Bonchev–Trinajstić information content (AvgIpc) is 3.60. The number of aliphatic carboxylic acids is 1. The summed E-state index contributed by atoms with van der Waals surface area (Å²) in [6, 6.07) is 9.75. The molecule has 5 aromatic rings. The molecule has 0 spiro atoms. The highest BCUT2D eigenvalue weighted by atomic mass is 32.1. The van der Waals surface area contributed by atoms with Gasteiger partial charge in [0.15, 0.2) is 5.65 Å². The van der Waals surface area contributed by atoms with Crippen molar-refractivity contribution in [1.29, 1.82) is 0 Å². The summed E-state index contributed by atoms with van der Waals surface area (Å²) in [5.74, 6) is -0.0289. The van der Waals surface area contributed by atoms with Gasteiger partial charge in [-0.3, -0.25) is 9.69 Å². The van der Waals surface area contributed by atoms with E-state index in [0.717, 1.165) is 58.5 Å². The number of rotatable bonds is 7. The summed E-state index contributed by atoms with van der Waals surface area (Å²) in [5.41, 5.74) is 5.88. The number of aryl methyl sites for hydroxylation is 2. The maximum absolute atomic E-state index is 12.1. The van der Waals surface area contributed by atoms with Gasteiger partial charge in [-0.1, -0.05) is 11.3 Å². The molecule has 0 bridgehead atoms. The Bertz CT molecular complexity index is 1790. The van der Waals surface area contributed by atoms with E-state index in [-0.39, 0.29) is 18.4 Å². The first-order valence-corrected chi connectivity index (χ1v) is 14.7. The summed E-state index contributed by atoms with van der Waals surface area (Å²) in [6.07, 6.45) is 4.08. The van der Waals surface area contributed by atoms with E-state index in [0.29, 0.717) is 30.2 Å². The van der Waals surface area contributed by atoms with Crippen molar-refractivity contribution in [2.45, 2.75) is 51.3 Å². The molecule has 0 radical (unpaired) electrons. The molecule has 2 atom stereocenters. The third-order valence-electron chi connectivity index (χ3n) is 8.27. The van der Waals surface area contributed by atoms with Crippen LogP contribution in [-0.4, -0.2) is 58.7 Å². The topological polar surface area (TPSA) is 126 Å². The average molecular weight is 571 g/mol. The number of carboxylic acids is 1. The summed E-state index contributed by atoms with van der Waals surface area (Å²) in [7, 11) is 1.80. The number of ether oxygens (including phenoxy) is 1. The fourth-order valence-electron chi connectivity index (χ4n) is 6.04. The maximum Gasteiger partial charge on any atom is 0.304 e. The van der Waals surface area contributed by atoms with Gasteiger partial charge in [0, 0.05) is 49.6 Å². The number of pyridine rings is 2. The van der Waals surface area contributed by atoms with Crippen LogP contribution in [0.1, 0.15) is 53.1 Å². The minimum atomic E-state index is -0.875. The van der Waals surface area contributed by atoms with Gasteiger partial charge >= 0.3 is 5.97 Å². The van der Waals surface area contributed by atoms with Crippen LogP contribution in [-0.2, 0) is 24.9 Å². The van der Waals surface area contributed by atoms with Crippen molar-refractivity contribution in [3.63, 3.8) is 0 Å². The minimum Gasteiger partial charge on any atom is -0.493 e. The number of nitrogens with zero attached hydrogens (tertiary/aromatic N) is 6. The van der Waals surface area contributed by atoms with Crippen LogP contribution in [0.2, 0.25) is 0 Å². The largest absolute Gasteiger partial charge is 0.493 e. The van der Waals surface area contributed by atoms with E-state index in [1.807, 2.05) is 13.0 Å². The Kier molecular flexibility index (Phi) is 6.35. The quantitative estimate of drug-likeness (QED) is 0.285. The Labute approximate surface area is 240 Å². The lowest BCUT2D eigenvalue weighted by molar-refractivity contribution is -0.137. The van der Waals surface area contributed by atoms with Crippen molar-refractivity contribution in [3.05, 3.63) is 69.9 Å². The molecule has 1 saturated carbocycles. The van der Waals surface area contributed by atoms with Crippen molar-refractivity contribution >= 4 is 38.6 Å². The molecule has 2 N–H and O–H groups in total. The van der Waals surface area contributed by atoms with Gasteiger partial charge in [0.2, 0.25) is 5.88 Å². The zero-order valence-electron chi connectivity index (χ0n) is 22.8. The standard InChI is InChI=1S/C30H30N6O4S/c1-16-22(12-31-30-28(16)33-34-35(30)2)21(11-27(38)39)19-9-18-7-8-41-29(18)20(10-19)13-36-14-23-24(5-6-26(37)32-23)40-25(15-36)17-3-4-17/h5-10,12,17,21,25H,3-4,11,13-15H2,1-2H3,(H,32,37)(H,38,39)/t21-,25+/m1/s1. The number of carboxylic acid groups (broad SMARTS) is 1. The number of fused-ring (bicyclic) bond motifs is 3. The number of hydrogen-bond acceptors (Lipinski definition) is 9. The molecule has 1 aromatic carbocycles. The molecule has 1 fully saturated rings. The van der Waals surface area contributed by atoms with Crippen LogP contribution in [0.3, 0.4) is 0 Å². The van der Waals surface area contributed by atoms with Crippen LogP contribution in [0.15, 0.2) is 41.9 Å². The number of benzene rings is 1. The Morgan fingerprint density at radius 3 is 2.90 bits per heavy atom. The summed E-state index contributed by atoms with van der Waals surface area (Å²) in [5, 5.41) is 31.6. The number of thiophene rings is 1. The van der Waals surface area contributed by atoms with Crippen LogP contribution >= 0.6 is 11.3 Å². The van der Waals surface area contributed by atoms with Gasteiger partial charge in [0.05, 0.1) is 6.42 Å². The molecule has 1 aliphatic heterocycles. The van der Waals surface area contributed by atoms with E-state index in [1.165, 1.54) is 4.70 Å². The molecule has 0 unspecified atom stereocenters. The van der Waals surface area contributed by atoms with Crippen molar-refractivity contribution in [2.24, 2.45) is 13.0 Å². The van der Waals surface area contributed by atoms with E-state index in [4.69, 9.17) is 4.74 Å². The summed E-state index contributed by atoms with van der Waals surface area (Å²) in [6.45, 7) is 3.91. The molecule has 2 aliphatic rings. The second-order valence-electron chi connectivity index (χ2n) is 11.2. The molecule has 7 rings (SSSR count). The number of aromatic hydroxyl groups is 1. The van der Waals surface area contributed by atoms with Crippen molar-refractivity contribution < 1.29 is 19.7 Å². The van der Waals surface area contributed by atoms with E-state index in [9.17, 15) is 15.0 Å². The van der Waals surface area contributed by atoms with Gasteiger partial charge in [-0.15, -0.1) is 16.4 Å². The summed E-state index contributed by atoms with van der Waals surface area (Å²) in [4.78, 5) is 23.5. The van der Waals surface area contributed by atoms with Gasteiger partial charge in [0.25, 0.3) is 0 Å². The fraction of sp³-hybridized carbons (Fsp3) is 0.367. The Morgan fingerprint density at radius 1 is 1.24 bits per heavy atom. The second kappa shape index (κ2) is 10.1. The zero-order valence-corrected chi connectivity index (χ0v) is 23.6. The van der Waals surface area contributed by atoms with Crippen LogP contribution in [0.5, 0.6) is 11.6 Å². The second-order valence-corrected chi connectivity index (χ2v) is 12.1. The minimum absolute atomic E-state index is 0.0135. The molecule has 5 heterocycles. The molecule has 0 saturated heterocycles. The van der Waals surface area contributed by atoms with Gasteiger partial charge in [0.1, 0.15) is 23.1 Å². The van der Waals surface area contributed by atoms with Crippen LogP contribution < -0.4 is 4.74 Å². The first-order chi connectivity index (χ1) is 19.8. The SMILES string of the molecule is Cc1c([C@H](CC(=O)O)c2cc(CN3Cc4nc(O)ccc4O[C@H](C4CC4)C3)c3sccc3c2)cnc2c1nnn2C. The zero-order chi connectivity index (χ0) is 28.2. The Balaban J connectivity index is 1.29. The normalized spacial score (nSPS) is 18.2. The fourth-order valence-corrected chi connectivity index (χ4v) is 6.93. The smallest absolute Gasteiger partial charge is 0.304 e. The highest BCUT2D eigenvalue weighted by Crippen LogP contribution is 2.40. The van der Waals surface area contributed by atoms with Gasteiger partial charge in [-0.25, -0.2) is 14.6 Å². The van der Waals surface area contributed by atoms with Gasteiger partial charge in [-0.05, 0) is 76.9 Å². The van der Waals surface area contributed by atoms with E-state index in [1.54, 1.807) is 35.3 Å². The number of hydrogen-bond donors (Lipinski definition) is 2. The van der Waals surface area contributed by atoms with Gasteiger partial charge < -0.3 is 14.9 Å². The van der Waals surface area contributed by atoms with Crippen molar-refractivity contribution in [1.82, 2.24) is 29.9 Å². The Morgan fingerprint density at radius 2 is 2.10 bits per heavy atom. The highest BCUT2D eigenvalue weighted by Gasteiger charge is 2.37. The first kappa shape index (κ1) is 25.8. The molecule has 1 aliphatic carbocycles. The Hall–Kier alpha value is -4.09. The summed E-state index contributed by atoms with van der Waals surface area (Å²) >= 11 is 1.69. The van der Waals surface area contributed by atoms with Crippen molar-refractivity contribution in [3.8, 4) is 11.6 Å². The predicted octanol–water partition coefficient (Wildman–Crippen LogP) is 4.77. The molecule has 0 amide bonds. The third kappa shape index (κ3) is 4.89. The molecule has 10 nitrogen and oxygen atoms in total. The van der Waals surface area contributed by atoms with Crippen molar-refractivity contribution in [2.75, 3.05) is 6.54 Å². The van der Waals surface area contributed by atoms with Crippen LogP contribution in [0, 0.1) is 12.8 Å². The maximum atomic E-state index is 12.1. The highest BCUT2D eigenvalue weighted by molar-refractivity contribution is 7.17.